The van der Waals surface area contributed by atoms with Crippen LogP contribution in [0.3, 0.4) is 0 Å². The normalized spacial score (nSPS) is 16.1. The van der Waals surface area contributed by atoms with Crippen molar-refractivity contribution < 1.29 is 17.9 Å². The standard InChI is InChI=1S/C28H32N4O4S/c1-3-37(33,34)32-17-15-31(16-18-32)27(28-29-25-14-13-24(35-2)19-26(25)30-28)22-9-11-23(12-10-22)36-20-21-7-5-4-6-8-21/h4-14,19,27H,3,15-18,20H2,1-2H3,(H,29,30). The van der Waals surface area contributed by atoms with Crippen LogP contribution in [-0.2, 0) is 16.6 Å². The molecule has 0 aliphatic carbocycles. The second-order valence-electron chi connectivity index (χ2n) is 9.09. The van der Waals surface area contributed by atoms with Crippen LogP contribution in [0, 0.1) is 0 Å². The Kier molecular flexibility index (Phi) is 7.45. The number of aromatic nitrogens is 2. The molecule has 1 aliphatic rings. The number of aromatic amines is 1. The molecule has 1 aromatic heterocycles. The molecule has 2 heterocycles. The van der Waals surface area contributed by atoms with Crippen molar-refractivity contribution in [2.45, 2.75) is 19.6 Å². The van der Waals surface area contributed by atoms with Crippen molar-refractivity contribution in [1.82, 2.24) is 19.2 Å². The number of hydrogen-bond donors (Lipinski definition) is 1. The Morgan fingerprint density at radius 1 is 0.946 bits per heavy atom. The summed E-state index contributed by atoms with van der Waals surface area (Å²) >= 11 is 0. The van der Waals surface area contributed by atoms with Crippen LogP contribution < -0.4 is 9.47 Å². The van der Waals surface area contributed by atoms with Crippen molar-refractivity contribution in [1.29, 1.82) is 0 Å². The molecule has 0 radical (unpaired) electrons. The van der Waals surface area contributed by atoms with Crippen LogP contribution >= 0.6 is 0 Å². The molecule has 5 rings (SSSR count). The number of benzene rings is 3. The topological polar surface area (TPSA) is 87.8 Å². The van der Waals surface area contributed by atoms with Crippen LogP contribution in [0.2, 0.25) is 0 Å². The van der Waals surface area contributed by atoms with Crippen LogP contribution in [0.15, 0.2) is 72.8 Å². The fourth-order valence-electron chi connectivity index (χ4n) is 4.72. The number of rotatable bonds is 9. The van der Waals surface area contributed by atoms with Gasteiger partial charge in [0.25, 0.3) is 0 Å². The highest BCUT2D eigenvalue weighted by Crippen LogP contribution is 2.32. The van der Waals surface area contributed by atoms with E-state index in [1.54, 1.807) is 18.3 Å². The van der Waals surface area contributed by atoms with E-state index in [9.17, 15) is 8.42 Å². The minimum absolute atomic E-state index is 0.117. The van der Waals surface area contributed by atoms with E-state index in [0.717, 1.165) is 39.5 Å². The van der Waals surface area contributed by atoms with E-state index in [1.807, 2.05) is 60.7 Å². The number of H-pyrrole nitrogens is 1. The summed E-state index contributed by atoms with van der Waals surface area (Å²) < 4.78 is 37.8. The summed E-state index contributed by atoms with van der Waals surface area (Å²) in [5.41, 5.74) is 3.93. The average molecular weight is 521 g/mol. The largest absolute Gasteiger partial charge is 0.497 e. The lowest BCUT2D eigenvalue weighted by Crippen LogP contribution is -2.50. The van der Waals surface area contributed by atoms with Gasteiger partial charge in [-0.3, -0.25) is 4.90 Å². The van der Waals surface area contributed by atoms with Gasteiger partial charge in [-0.25, -0.2) is 13.4 Å². The first-order valence-corrected chi connectivity index (χ1v) is 14.1. The van der Waals surface area contributed by atoms with Crippen molar-refractivity contribution in [3.8, 4) is 11.5 Å². The van der Waals surface area contributed by atoms with E-state index >= 15 is 0 Å². The maximum atomic E-state index is 12.4. The Morgan fingerprint density at radius 2 is 1.65 bits per heavy atom. The van der Waals surface area contributed by atoms with Crippen molar-refractivity contribution >= 4 is 21.1 Å². The van der Waals surface area contributed by atoms with Gasteiger partial charge in [0, 0.05) is 32.2 Å². The van der Waals surface area contributed by atoms with Crippen LogP contribution in [0.5, 0.6) is 11.5 Å². The van der Waals surface area contributed by atoms with Gasteiger partial charge in [-0.1, -0.05) is 42.5 Å². The number of sulfonamides is 1. The van der Waals surface area contributed by atoms with Gasteiger partial charge >= 0.3 is 0 Å². The maximum absolute atomic E-state index is 12.4. The van der Waals surface area contributed by atoms with E-state index in [-0.39, 0.29) is 11.8 Å². The van der Waals surface area contributed by atoms with Gasteiger partial charge < -0.3 is 14.5 Å². The highest BCUT2D eigenvalue weighted by Gasteiger charge is 2.32. The minimum Gasteiger partial charge on any atom is -0.497 e. The lowest BCUT2D eigenvalue weighted by atomic mass is 10.0. The van der Waals surface area contributed by atoms with Gasteiger partial charge in [0.05, 0.1) is 29.9 Å². The van der Waals surface area contributed by atoms with E-state index in [1.165, 1.54) is 0 Å². The third-order valence-corrected chi connectivity index (χ3v) is 8.69. The zero-order valence-electron chi connectivity index (χ0n) is 21.1. The number of piperazine rings is 1. The summed E-state index contributed by atoms with van der Waals surface area (Å²) in [4.78, 5) is 10.7. The third kappa shape index (κ3) is 5.64. The molecule has 0 amide bonds. The number of nitrogens with zero attached hydrogens (tertiary/aromatic N) is 3. The van der Waals surface area contributed by atoms with Gasteiger partial charge in [-0.15, -0.1) is 0 Å². The van der Waals surface area contributed by atoms with Crippen molar-refractivity contribution in [2.24, 2.45) is 0 Å². The van der Waals surface area contributed by atoms with E-state index < -0.39 is 10.0 Å². The molecule has 8 nitrogen and oxygen atoms in total. The molecule has 1 aliphatic heterocycles. The Hall–Kier alpha value is -3.40. The monoisotopic (exact) mass is 520 g/mol. The van der Waals surface area contributed by atoms with Gasteiger partial charge in [0.15, 0.2) is 0 Å². The molecular formula is C28H32N4O4S. The molecule has 1 atom stereocenters. The molecule has 1 saturated heterocycles. The summed E-state index contributed by atoms with van der Waals surface area (Å²) in [7, 11) is -1.56. The summed E-state index contributed by atoms with van der Waals surface area (Å²) in [6.45, 7) is 4.32. The van der Waals surface area contributed by atoms with Crippen molar-refractivity contribution in [3.05, 3.63) is 89.7 Å². The van der Waals surface area contributed by atoms with Crippen molar-refractivity contribution in [2.75, 3.05) is 39.0 Å². The molecule has 0 saturated carbocycles. The zero-order valence-corrected chi connectivity index (χ0v) is 21.9. The number of ether oxygens (including phenoxy) is 2. The zero-order chi connectivity index (χ0) is 25.8. The molecule has 1 N–H and O–H groups in total. The highest BCUT2D eigenvalue weighted by atomic mass is 32.2. The SMILES string of the molecule is CCS(=O)(=O)N1CCN(C(c2ccc(OCc3ccccc3)cc2)c2nc3ccc(OC)cc3[nH]2)CC1. The first-order chi connectivity index (χ1) is 18.0. The lowest BCUT2D eigenvalue weighted by molar-refractivity contribution is 0.152. The quantitative estimate of drug-likeness (QED) is 0.356. The van der Waals surface area contributed by atoms with E-state index in [0.29, 0.717) is 32.8 Å². The minimum atomic E-state index is -3.21. The van der Waals surface area contributed by atoms with E-state index in [2.05, 4.69) is 22.0 Å². The average Bonchev–Trinajstić information content (AvgIpc) is 3.36. The number of nitrogens with one attached hydrogen (secondary N) is 1. The molecular weight excluding hydrogens is 488 g/mol. The highest BCUT2D eigenvalue weighted by molar-refractivity contribution is 7.89. The molecule has 194 valence electrons. The Balaban J connectivity index is 1.41. The first kappa shape index (κ1) is 25.3. The fourth-order valence-corrected chi connectivity index (χ4v) is 5.80. The van der Waals surface area contributed by atoms with Crippen LogP contribution in [0.4, 0.5) is 0 Å². The smallest absolute Gasteiger partial charge is 0.213 e. The van der Waals surface area contributed by atoms with Crippen LogP contribution in [0.1, 0.15) is 29.9 Å². The Bertz CT molecular complexity index is 1430. The molecule has 1 unspecified atom stereocenters. The predicted octanol–water partition coefficient (Wildman–Crippen LogP) is 4.21. The molecule has 37 heavy (non-hydrogen) atoms. The Morgan fingerprint density at radius 3 is 2.32 bits per heavy atom. The summed E-state index contributed by atoms with van der Waals surface area (Å²) in [6.07, 6.45) is 0. The third-order valence-electron chi connectivity index (χ3n) is 6.81. The second-order valence-corrected chi connectivity index (χ2v) is 11.3. The predicted molar refractivity (Wildman–Crippen MR) is 144 cm³/mol. The molecule has 0 bridgehead atoms. The number of methoxy groups -OCH3 is 1. The number of fused-ring (bicyclic) bond motifs is 1. The van der Waals surface area contributed by atoms with Gasteiger partial charge in [0.1, 0.15) is 23.9 Å². The maximum Gasteiger partial charge on any atom is 0.213 e. The molecule has 9 heteroatoms. The summed E-state index contributed by atoms with van der Waals surface area (Å²) in [5.74, 6) is 2.48. The molecule has 1 fully saturated rings. The van der Waals surface area contributed by atoms with Crippen LogP contribution in [-0.4, -0.2) is 66.6 Å². The van der Waals surface area contributed by atoms with Gasteiger partial charge in [-0.05, 0) is 42.3 Å². The summed E-state index contributed by atoms with van der Waals surface area (Å²) in [5, 5.41) is 0. The molecule has 0 spiro atoms. The molecule has 3 aromatic carbocycles. The Labute approximate surface area is 217 Å². The van der Waals surface area contributed by atoms with Crippen molar-refractivity contribution in [3.63, 3.8) is 0 Å². The fraction of sp³-hybridized carbons (Fsp3) is 0.321. The summed E-state index contributed by atoms with van der Waals surface area (Å²) in [6, 6.07) is 23.8. The lowest BCUT2D eigenvalue weighted by Gasteiger charge is -2.38. The van der Waals surface area contributed by atoms with E-state index in [4.69, 9.17) is 14.5 Å². The number of imidazole rings is 1. The van der Waals surface area contributed by atoms with Gasteiger partial charge in [-0.2, -0.15) is 4.31 Å². The van der Waals surface area contributed by atoms with Gasteiger partial charge in [0.2, 0.25) is 10.0 Å². The molecule has 4 aromatic rings. The van der Waals surface area contributed by atoms with Crippen LogP contribution in [0.25, 0.3) is 11.0 Å². The number of hydrogen-bond acceptors (Lipinski definition) is 6. The first-order valence-electron chi connectivity index (χ1n) is 12.5. The second kappa shape index (κ2) is 10.9.